The van der Waals surface area contributed by atoms with E-state index in [9.17, 15) is 9.90 Å². The minimum absolute atomic E-state index is 0.0904. The zero-order valence-corrected chi connectivity index (χ0v) is 16.6. The largest absolute Gasteiger partial charge is 0.379 e. The normalized spacial score (nSPS) is 24.4. The number of rotatable bonds is 6. The molecular weight excluding hydrogens is 356 g/mol. The number of aliphatic hydroxyl groups is 1. The van der Waals surface area contributed by atoms with Gasteiger partial charge in [-0.15, -0.1) is 0 Å². The van der Waals surface area contributed by atoms with Gasteiger partial charge in [0.15, 0.2) is 5.60 Å². The number of likely N-dealkylation sites (tertiary alicyclic amines) is 1. The van der Waals surface area contributed by atoms with E-state index in [0.29, 0.717) is 25.4 Å². The number of hydrogen-bond acceptors (Lipinski definition) is 6. The van der Waals surface area contributed by atoms with Crippen LogP contribution in [-0.4, -0.2) is 63.4 Å². The Balaban J connectivity index is 1.37. The first kappa shape index (κ1) is 19.3. The van der Waals surface area contributed by atoms with Gasteiger partial charge in [0.25, 0.3) is 5.91 Å². The molecule has 2 aromatic rings. The number of aromatic nitrogens is 2. The fourth-order valence-corrected chi connectivity index (χ4v) is 4.81. The fraction of sp³-hybridized carbons (Fsp3) is 0.667. The van der Waals surface area contributed by atoms with Crippen molar-refractivity contribution < 1.29 is 14.5 Å². The van der Waals surface area contributed by atoms with Crippen LogP contribution in [0.1, 0.15) is 50.5 Å². The molecule has 1 aliphatic carbocycles. The van der Waals surface area contributed by atoms with E-state index < -0.39 is 5.60 Å². The molecule has 1 aromatic heterocycles. The molecule has 1 aliphatic heterocycles. The first-order valence-corrected chi connectivity index (χ1v) is 10.4. The van der Waals surface area contributed by atoms with Gasteiger partial charge in [-0.05, 0) is 66.7 Å². The first-order valence-electron chi connectivity index (χ1n) is 10.4. The molecule has 0 radical (unpaired) electrons. The highest BCUT2D eigenvalue weighted by Crippen LogP contribution is 2.29. The summed E-state index contributed by atoms with van der Waals surface area (Å²) in [6.45, 7) is 2.54. The van der Waals surface area contributed by atoms with Crippen LogP contribution in [-0.2, 0) is 11.3 Å². The van der Waals surface area contributed by atoms with Gasteiger partial charge in [-0.2, -0.15) is 0 Å². The number of carbonyl (C=O) groups excluding carboxylic acids is 1. The molecule has 1 atom stereocenters. The van der Waals surface area contributed by atoms with Gasteiger partial charge in [0.05, 0.1) is 0 Å². The number of carbonyl (C=O) groups is 1. The van der Waals surface area contributed by atoms with E-state index >= 15 is 0 Å². The van der Waals surface area contributed by atoms with E-state index in [2.05, 4.69) is 10.3 Å². The molecule has 0 unspecified atom stereocenters. The highest BCUT2D eigenvalue weighted by molar-refractivity contribution is 5.86. The first-order chi connectivity index (χ1) is 13.5. The Labute approximate surface area is 165 Å². The standard InChI is InChI=1S/C21H30N4O3/c1-24(13-17-8-9-18-19(12-17)23-28-22-18)15-21(27)10-5-11-25(20(21)26)14-16-6-3-2-4-7-16/h8-9,12,16,27H,2-7,10-11,13-15H2,1H3/t21-/m1/s1. The summed E-state index contributed by atoms with van der Waals surface area (Å²) < 4.78 is 4.75. The third kappa shape index (κ3) is 4.20. The Hall–Kier alpha value is -1.99. The van der Waals surface area contributed by atoms with Crippen LogP contribution in [0.4, 0.5) is 0 Å². The van der Waals surface area contributed by atoms with E-state index in [1.54, 1.807) is 0 Å². The predicted molar refractivity (Wildman–Crippen MR) is 105 cm³/mol. The molecule has 1 N–H and O–H groups in total. The minimum atomic E-state index is -1.29. The number of piperidine rings is 1. The molecule has 1 amide bonds. The summed E-state index contributed by atoms with van der Waals surface area (Å²) in [5.41, 5.74) is 1.21. The van der Waals surface area contributed by atoms with Crippen molar-refractivity contribution in [2.75, 3.05) is 26.7 Å². The van der Waals surface area contributed by atoms with Crippen LogP contribution in [0, 0.1) is 5.92 Å². The van der Waals surface area contributed by atoms with Crippen LogP contribution in [0.2, 0.25) is 0 Å². The summed E-state index contributed by atoms with van der Waals surface area (Å²) in [6, 6.07) is 5.79. The fourth-order valence-electron chi connectivity index (χ4n) is 4.81. The highest BCUT2D eigenvalue weighted by atomic mass is 16.6. The van der Waals surface area contributed by atoms with Crippen LogP contribution in [0.15, 0.2) is 22.8 Å². The summed E-state index contributed by atoms with van der Waals surface area (Å²) in [5.74, 6) is 0.507. The van der Waals surface area contributed by atoms with Crippen molar-refractivity contribution in [2.24, 2.45) is 5.92 Å². The van der Waals surface area contributed by atoms with Crippen molar-refractivity contribution in [1.29, 1.82) is 0 Å². The van der Waals surface area contributed by atoms with Crippen LogP contribution >= 0.6 is 0 Å². The summed E-state index contributed by atoms with van der Waals surface area (Å²) in [5, 5.41) is 18.9. The van der Waals surface area contributed by atoms with E-state index in [4.69, 9.17) is 4.63 Å². The average molecular weight is 386 g/mol. The second kappa shape index (κ2) is 8.17. The van der Waals surface area contributed by atoms with Crippen molar-refractivity contribution in [2.45, 2.75) is 57.1 Å². The number of hydrogen-bond donors (Lipinski definition) is 1. The number of nitrogens with zero attached hydrogens (tertiary/aromatic N) is 4. The molecule has 2 fully saturated rings. The molecule has 7 heteroatoms. The molecule has 1 aromatic carbocycles. The zero-order valence-electron chi connectivity index (χ0n) is 16.6. The summed E-state index contributed by atoms with van der Waals surface area (Å²) >= 11 is 0. The van der Waals surface area contributed by atoms with Gasteiger partial charge in [0.2, 0.25) is 0 Å². The Kier molecular flexibility index (Phi) is 5.64. The molecule has 152 valence electrons. The Morgan fingerprint density at radius 3 is 2.82 bits per heavy atom. The van der Waals surface area contributed by atoms with E-state index in [1.807, 2.05) is 35.0 Å². The summed E-state index contributed by atoms with van der Waals surface area (Å²) in [7, 11) is 1.94. The SMILES string of the molecule is CN(Cc1ccc2nonc2c1)C[C@]1(O)CCCN(CC2CCCCC2)C1=O. The van der Waals surface area contributed by atoms with E-state index in [0.717, 1.165) is 36.1 Å². The zero-order chi connectivity index (χ0) is 19.6. The molecule has 1 saturated heterocycles. The number of amides is 1. The second-order valence-electron chi connectivity index (χ2n) is 8.65. The molecule has 2 heterocycles. The van der Waals surface area contributed by atoms with Crippen molar-refractivity contribution >= 4 is 16.9 Å². The molecule has 28 heavy (non-hydrogen) atoms. The van der Waals surface area contributed by atoms with Gasteiger partial charge < -0.3 is 10.0 Å². The Bertz CT molecular complexity index is 817. The third-order valence-electron chi connectivity index (χ3n) is 6.21. The monoisotopic (exact) mass is 386 g/mol. The lowest BCUT2D eigenvalue weighted by Gasteiger charge is -2.41. The van der Waals surface area contributed by atoms with Crippen LogP contribution in [0.5, 0.6) is 0 Å². The molecule has 0 bridgehead atoms. The van der Waals surface area contributed by atoms with E-state index in [-0.39, 0.29) is 5.91 Å². The summed E-state index contributed by atoms with van der Waals surface area (Å²) in [6.07, 6.45) is 7.66. The molecule has 2 aliphatic rings. The minimum Gasteiger partial charge on any atom is -0.379 e. The molecule has 4 rings (SSSR count). The van der Waals surface area contributed by atoms with Gasteiger partial charge in [-0.3, -0.25) is 9.69 Å². The maximum absolute atomic E-state index is 13.1. The Morgan fingerprint density at radius 2 is 2.00 bits per heavy atom. The predicted octanol–water partition coefficient (Wildman–Crippen LogP) is 2.59. The second-order valence-corrected chi connectivity index (χ2v) is 8.65. The molecule has 0 spiro atoms. The highest BCUT2D eigenvalue weighted by Gasteiger charge is 2.43. The quantitative estimate of drug-likeness (QED) is 0.822. The van der Waals surface area contributed by atoms with Crippen LogP contribution in [0.25, 0.3) is 11.0 Å². The molecular formula is C21H30N4O3. The summed E-state index contributed by atoms with van der Waals surface area (Å²) in [4.78, 5) is 17.0. The van der Waals surface area contributed by atoms with Crippen molar-refractivity contribution in [3.63, 3.8) is 0 Å². The van der Waals surface area contributed by atoms with Crippen molar-refractivity contribution in [3.05, 3.63) is 23.8 Å². The molecule has 7 nitrogen and oxygen atoms in total. The van der Waals surface area contributed by atoms with Gasteiger partial charge in [0.1, 0.15) is 11.0 Å². The van der Waals surface area contributed by atoms with Crippen LogP contribution < -0.4 is 0 Å². The lowest BCUT2D eigenvalue weighted by Crippen LogP contribution is -2.58. The smallest absolute Gasteiger partial charge is 0.255 e. The van der Waals surface area contributed by atoms with Crippen LogP contribution in [0.3, 0.4) is 0 Å². The maximum Gasteiger partial charge on any atom is 0.255 e. The van der Waals surface area contributed by atoms with E-state index in [1.165, 1.54) is 32.1 Å². The van der Waals surface area contributed by atoms with Crippen molar-refractivity contribution in [1.82, 2.24) is 20.1 Å². The van der Waals surface area contributed by atoms with Crippen molar-refractivity contribution in [3.8, 4) is 0 Å². The maximum atomic E-state index is 13.1. The van der Waals surface area contributed by atoms with Gasteiger partial charge in [-0.1, -0.05) is 25.3 Å². The topological polar surface area (TPSA) is 82.7 Å². The number of fused-ring (bicyclic) bond motifs is 1. The van der Waals surface area contributed by atoms with Gasteiger partial charge in [-0.25, -0.2) is 4.63 Å². The van der Waals surface area contributed by atoms with Gasteiger partial charge >= 0.3 is 0 Å². The van der Waals surface area contributed by atoms with Gasteiger partial charge in [0, 0.05) is 26.2 Å². The molecule has 1 saturated carbocycles. The lowest BCUT2D eigenvalue weighted by atomic mass is 9.86. The lowest BCUT2D eigenvalue weighted by molar-refractivity contribution is -0.160. The average Bonchev–Trinajstić information content (AvgIpc) is 3.14. The number of benzene rings is 1. The number of likely N-dealkylation sites (N-methyl/N-ethyl adjacent to an activating group) is 1. The third-order valence-corrected chi connectivity index (χ3v) is 6.21. The Morgan fingerprint density at radius 1 is 1.21 bits per heavy atom.